The van der Waals surface area contributed by atoms with Crippen molar-refractivity contribution in [2.75, 3.05) is 13.2 Å². The first-order chi connectivity index (χ1) is 13.3. The normalized spacial score (nSPS) is 22.9. The van der Waals surface area contributed by atoms with Gasteiger partial charge in [-0.2, -0.15) is 0 Å². The second-order valence-corrected chi connectivity index (χ2v) is 12.7. The van der Waals surface area contributed by atoms with Crippen LogP contribution < -0.4 is 0 Å². The third-order valence-electron chi connectivity index (χ3n) is 5.16. The molecular weight excluding hydrogens is 382 g/mol. The molecule has 1 aliphatic heterocycles. The number of carbonyl (C=O) groups excluding carboxylic acids is 1. The maximum atomic E-state index is 13.1. The Balaban J connectivity index is 2.33. The van der Waals surface area contributed by atoms with E-state index < -0.39 is 20.4 Å². The van der Waals surface area contributed by atoms with Crippen molar-refractivity contribution < 1.29 is 18.7 Å². The standard InChI is InChI=1S/C23H39NO4Si/c1-21(2,3)19-14-15-24(20(25)27-22(4,5)6)23(19,28-29(7)8)17-26-16-18-12-10-9-11-13-18/h9-13,19,29H,14-17H2,1-8H3/t19-,23+/m0/s1. The van der Waals surface area contributed by atoms with E-state index in [-0.39, 0.29) is 17.4 Å². The molecule has 1 aromatic carbocycles. The maximum Gasteiger partial charge on any atom is 0.412 e. The van der Waals surface area contributed by atoms with Crippen molar-refractivity contribution in [2.45, 2.75) is 79.0 Å². The molecular formula is C23H39NO4Si. The van der Waals surface area contributed by atoms with E-state index in [1.54, 1.807) is 4.90 Å². The van der Waals surface area contributed by atoms with Crippen LogP contribution in [0.25, 0.3) is 0 Å². The Morgan fingerprint density at radius 2 is 1.76 bits per heavy atom. The van der Waals surface area contributed by atoms with Crippen molar-refractivity contribution >= 4 is 15.1 Å². The summed E-state index contributed by atoms with van der Waals surface area (Å²) in [5.74, 6) is 0.160. The van der Waals surface area contributed by atoms with Gasteiger partial charge in [0.2, 0.25) is 0 Å². The predicted octanol–water partition coefficient (Wildman–Crippen LogP) is 5.20. The van der Waals surface area contributed by atoms with Crippen LogP contribution in [0.4, 0.5) is 4.79 Å². The zero-order valence-corrected chi connectivity index (χ0v) is 20.6. The first-order valence-corrected chi connectivity index (χ1v) is 13.4. The van der Waals surface area contributed by atoms with Gasteiger partial charge in [0.05, 0.1) is 13.2 Å². The number of hydrogen-bond acceptors (Lipinski definition) is 4. The number of nitrogens with zero attached hydrogens (tertiary/aromatic N) is 1. The van der Waals surface area contributed by atoms with Gasteiger partial charge in [0.25, 0.3) is 0 Å². The summed E-state index contributed by atoms with van der Waals surface area (Å²) in [5, 5.41) is 0. The Labute approximate surface area is 178 Å². The van der Waals surface area contributed by atoms with Crippen LogP contribution in [0.5, 0.6) is 0 Å². The third-order valence-corrected chi connectivity index (χ3v) is 6.04. The molecule has 1 amide bonds. The second-order valence-electron chi connectivity index (χ2n) is 10.3. The lowest BCUT2D eigenvalue weighted by atomic mass is 9.74. The molecule has 1 aromatic rings. The van der Waals surface area contributed by atoms with Gasteiger partial charge in [0.15, 0.2) is 14.8 Å². The molecule has 1 heterocycles. The summed E-state index contributed by atoms with van der Waals surface area (Å²) in [4.78, 5) is 14.9. The fourth-order valence-electron chi connectivity index (χ4n) is 4.19. The van der Waals surface area contributed by atoms with E-state index >= 15 is 0 Å². The monoisotopic (exact) mass is 421 g/mol. The Morgan fingerprint density at radius 1 is 1.14 bits per heavy atom. The van der Waals surface area contributed by atoms with Gasteiger partial charge in [-0.05, 0) is 51.3 Å². The second kappa shape index (κ2) is 9.19. The molecule has 1 aliphatic rings. The van der Waals surface area contributed by atoms with Crippen LogP contribution in [0, 0.1) is 11.3 Å². The van der Waals surface area contributed by atoms with Crippen molar-refractivity contribution in [3.63, 3.8) is 0 Å². The smallest absolute Gasteiger partial charge is 0.412 e. The van der Waals surface area contributed by atoms with Gasteiger partial charge in [-0.3, -0.25) is 4.90 Å². The average molecular weight is 422 g/mol. The summed E-state index contributed by atoms with van der Waals surface area (Å²) in [6, 6.07) is 10.1. The molecule has 0 unspecified atom stereocenters. The first-order valence-electron chi connectivity index (χ1n) is 10.7. The molecule has 0 aromatic heterocycles. The fraction of sp³-hybridized carbons (Fsp3) is 0.696. The maximum absolute atomic E-state index is 13.1. The number of ether oxygens (including phenoxy) is 2. The molecule has 2 rings (SSSR count). The van der Waals surface area contributed by atoms with Crippen LogP contribution >= 0.6 is 0 Å². The van der Waals surface area contributed by atoms with Crippen LogP contribution in [0.15, 0.2) is 30.3 Å². The highest BCUT2D eigenvalue weighted by atomic mass is 28.3. The van der Waals surface area contributed by atoms with Gasteiger partial charge in [-0.15, -0.1) is 0 Å². The molecule has 0 aliphatic carbocycles. The largest absolute Gasteiger partial charge is 0.444 e. The van der Waals surface area contributed by atoms with Gasteiger partial charge in [0.1, 0.15) is 5.60 Å². The summed E-state index contributed by atoms with van der Waals surface area (Å²) in [7, 11) is -1.48. The fourth-order valence-corrected chi connectivity index (χ4v) is 5.37. The van der Waals surface area contributed by atoms with E-state index in [9.17, 15) is 4.79 Å². The van der Waals surface area contributed by atoms with Crippen LogP contribution in [-0.2, 0) is 20.5 Å². The van der Waals surface area contributed by atoms with Crippen molar-refractivity contribution in [3.8, 4) is 0 Å². The molecule has 2 atom stereocenters. The molecule has 0 spiro atoms. The topological polar surface area (TPSA) is 48.0 Å². The summed E-state index contributed by atoms with van der Waals surface area (Å²) >= 11 is 0. The van der Waals surface area contributed by atoms with Crippen LogP contribution in [0.1, 0.15) is 53.5 Å². The average Bonchev–Trinajstić information content (AvgIpc) is 2.92. The summed E-state index contributed by atoms with van der Waals surface area (Å²) < 4.78 is 18.6. The van der Waals surface area contributed by atoms with E-state index in [4.69, 9.17) is 13.9 Å². The summed E-state index contributed by atoms with van der Waals surface area (Å²) in [6.07, 6.45) is 0.556. The SMILES string of the molecule is C[SiH](C)O[C@]1(COCc2ccccc2)[C@H](C(C)(C)C)CCN1C(=O)OC(C)(C)C. The minimum Gasteiger partial charge on any atom is -0.444 e. The zero-order chi connectivity index (χ0) is 21.9. The lowest BCUT2D eigenvalue weighted by Crippen LogP contribution is -2.60. The molecule has 1 fully saturated rings. The van der Waals surface area contributed by atoms with Crippen molar-refractivity contribution in [1.82, 2.24) is 4.90 Å². The van der Waals surface area contributed by atoms with Crippen LogP contribution in [0.2, 0.25) is 13.1 Å². The minimum absolute atomic E-state index is 0.0316. The minimum atomic E-state index is -1.48. The number of amides is 1. The van der Waals surface area contributed by atoms with E-state index in [0.29, 0.717) is 19.8 Å². The molecule has 1 saturated heterocycles. The molecule has 0 saturated carbocycles. The van der Waals surface area contributed by atoms with E-state index in [0.717, 1.165) is 12.0 Å². The van der Waals surface area contributed by atoms with Gasteiger partial charge in [-0.1, -0.05) is 51.1 Å². The molecule has 0 bridgehead atoms. The molecule has 6 heteroatoms. The summed E-state index contributed by atoms with van der Waals surface area (Å²) in [5.41, 5.74) is -0.270. The highest BCUT2D eigenvalue weighted by Crippen LogP contribution is 2.47. The summed E-state index contributed by atoms with van der Waals surface area (Å²) in [6.45, 7) is 18.1. The number of carbonyl (C=O) groups is 1. The van der Waals surface area contributed by atoms with Crippen molar-refractivity contribution in [1.29, 1.82) is 0 Å². The van der Waals surface area contributed by atoms with Crippen LogP contribution in [0.3, 0.4) is 0 Å². The van der Waals surface area contributed by atoms with E-state index in [2.05, 4.69) is 33.9 Å². The molecule has 0 radical (unpaired) electrons. The number of benzene rings is 1. The Morgan fingerprint density at radius 3 is 2.28 bits per heavy atom. The van der Waals surface area contributed by atoms with E-state index in [1.807, 2.05) is 51.1 Å². The molecule has 164 valence electrons. The van der Waals surface area contributed by atoms with Gasteiger partial charge >= 0.3 is 6.09 Å². The Hall–Kier alpha value is -1.37. The lowest BCUT2D eigenvalue weighted by Gasteiger charge is -2.47. The van der Waals surface area contributed by atoms with Gasteiger partial charge < -0.3 is 13.9 Å². The van der Waals surface area contributed by atoms with Crippen LogP contribution in [-0.4, -0.2) is 44.5 Å². The van der Waals surface area contributed by atoms with E-state index in [1.165, 1.54) is 0 Å². The molecule has 29 heavy (non-hydrogen) atoms. The van der Waals surface area contributed by atoms with Gasteiger partial charge in [-0.25, -0.2) is 4.79 Å². The van der Waals surface area contributed by atoms with Crippen molar-refractivity contribution in [3.05, 3.63) is 35.9 Å². The highest BCUT2D eigenvalue weighted by molar-refractivity contribution is 6.48. The number of hydrogen-bond donors (Lipinski definition) is 0. The lowest BCUT2D eigenvalue weighted by molar-refractivity contribution is -0.155. The third kappa shape index (κ3) is 6.30. The predicted molar refractivity (Wildman–Crippen MR) is 119 cm³/mol. The highest BCUT2D eigenvalue weighted by Gasteiger charge is 2.57. The Kier molecular flexibility index (Phi) is 7.57. The quantitative estimate of drug-likeness (QED) is 0.592. The number of likely N-dealkylation sites (tertiary alicyclic amines) is 1. The number of rotatable bonds is 6. The zero-order valence-electron chi connectivity index (χ0n) is 19.5. The van der Waals surface area contributed by atoms with Crippen molar-refractivity contribution in [2.24, 2.45) is 11.3 Å². The Bertz CT molecular complexity index is 666. The first kappa shape index (κ1) is 23.9. The molecule has 0 N–H and O–H groups in total. The van der Waals surface area contributed by atoms with Gasteiger partial charge in [0, 0.05) is 12.5 Å². The molecule has 5 nitrogen and oxygen atoms in total.